The van der Waals surface area contributed by atoms with E-state index in [1.165, 1.54) is 0 Å². The third kappa shape index (κ3) is 5.62. The first-order chi connectivity index (χ1) is 10.0. The van der Waals surface area contributed by atoms with E-state index in [0.29, 0.717) is 5.92 Å². The molecule has 126 valence electrons. The number of amides is 1. The molecule has 0 heterocycles. The third-order valence-corrected chi connectivity index (χ3v) is 4.44. The summed E-state index contributed by atoms with van der Waals surface area (Å²) >= 11 is 0. The van der Waals surface area contributed by atoms with Crippen molar-refractivity contribution in [2.24, 2.45) is 17.6 Å². The van der Waals surface area contributed by atoms with Crippen LogP contribution in [-0.2, 0) is 4.79 Å². The minimum absolute atomic E-state index is 0. The second-order valence-corrected chi connectivity index (χ2v) is 5.78. The number of carbonyl (C=O) groups excluding carboxylic acids is 1. The molecule has 0 aromatic heterocycles. The summed E-state index contributed by atoms with van der Waals surface area (Å²) < 4.78 is 0. The second kappa shape index (κ2) is 10.6. The molecule has 2 unspecified atom stereocenters. The van der Waals surface area contributed by atoms with Crippen LogP contribution in [0.2, 0.25) is 0 Å². The van der Waals surface area contributed by atoms with E-state index in [1.807, 2.05) is 49.1 Å². The molecular formula is C18H31ClN2O. The monoisotopic (exact) mass is 326 g/mol. The summed E-state index contributed by atoms with van der Waals surface area (Å²) in [6, 6.07) is 9.64. The number of nitrogens with two attached hydrogens (primary N) is 1. The van der Waals surface area contributed by atoms with Crippen LogP contribution in [0.3, 0.4) is 0 Å². The molecule has 0 bridgehead atoms. The van der Waals surface area contributed by atoms with Crippen LogP contribution < -0.4 is 5.73 Å². The van der Waals surface area contributed by atoms with Gasteiger partial charge in [-0.15, -0.1) is 12.4 Å². The molecule has 1 aromatic carbocycles. The molecule has 0 saturated carbocycles. The molecule has 1 rings (SSSR count). The van der Waals surface area contributed by atoms with Gasteiger partial charge < -0.3 is 10.6 Å². The van der Waals surface area contributed by atoms with Crippen molar-refractivity contribution in [2.45, 2.75) is 46.6 Å². The summed E-state index contributed by atoms with van der Waals surface area (Å²) in [4.78, 5) is 14.7. The smallest absolute Gasteiger partial charge is 0.227 e. The Kier molecular flexibility index (Phi) is 10.1. The number of rotatable bonds is 8. The number of halogens is 1. The quantitative estimate of drug-likeness (QED) is 0.784. The molecule has 0 aliphatic rings. The van der Waals surface area contributed by atoms with Crippen LogP contribution in [0, 0.1) is 11.8 Å². The standard InChI is InChI=1S/C18H30N2O.ClH/c1-5-15(6-2)13-20(7-3)18(21)14(4)17(19)16-11-9-8-10-12-16;/h8-12,14-15,17H,5-7,13,19H2,1-4H3;1H. The molecule has 1 aromatic rings. The highest BCUT2D eigenvalue weighted by Gasteiger charge is 2.26. The molecule has 22 heavy (non-hydrogen) atoms. The summed E-state index contributed by atoms with van der Waals surface area (Å²) in [5.41, 5.74) is 7.31. The van der Waals surface area contributed by atoms with Crippen LogP contribution in [0.15, 0.2) is 30.3 Å². The minimum atomic E-state index is -0.241. The van der Waals surface area contributed by atoms with Crippen LogP contribution in [0.5, 0.6) is 0 Å². The van der Waals surface area contributed by atoms with E-state index < -0.39 is 0 Å². The number of hydrogen-bond acceptors (Lipinski definition) is 2. The predicted molar refractivity (Wildman–Crippen MR) is 96.1 cm³/mol. The zero-order valence-corrected chi connectivity index (χ0v) is 15.1. The summed E-state index contributed by atoms with van der Waals surface area (Å²) in [5.74, 6) is 0.552. The van der Waals surface area contributed by atoms with Gasteiger partial charge in [0.05, 0.1) is 5.92 Å². The molecule has 0 spiro atoms. The highest BCUT2D eigenvalue weighted by molar-refractivity contribution is 5.85. The summed E-state index contributed by atoms with van der Waals surface area (Å²) in [7, 11) is 0. The molecule has 0 aliphatic heterocycles. The fourth-order valence-corrected chi connectivity index (χ4v) is 2.64. The van der Waals surface area contributed by atoms with Crippen LogP contribution in [0.4, 0.5) is 0 Å². The van der Waals surface area contributed by atoms with Gasteiger partial charge in [-0.3, -0.25) is 4.79 Å². The largest absolute Gasteiger partial charge is 0.342 e. The molecule has 1 amide bonds. The summed E-state index contributed by atoms with van der Waals surface area (Å²) in [6.45, 7) is 9.95. The molecule has 2 atom stereocenters. The fourth-order valence-electron chi connectivity index (χ4n) is 2.64. The molecule has 0 saturated heterocycles. The average Bonchev–Trinajstić information content (AvgIpc) is 2.55. The maximum absolute atomic E-state index is 12.7. The van der Waals surface area contributed by atoms with Gasteiger partial charge in [-0.05, 0) is 18.4 Å². The van der Waals surface area contributed by atoms with E-state index >= 15 is 0 Å². The van der Waals surface area contributed by atoms with E-state index in [-0.39, 0.29) is 30.3 Å². The topological polar surface area (TPSA) is 46.3 Å². The zero-order chi connectivity index (χ0) is 15.8. The lowest BCUT2D eigenvalue weighted by atomic mass is 9.93. The number of carbonyl (C=O) groups is 1. The van der Waals surface area contributed by atoms with Crippen LogP contribution >= 0.6 is 12.4 Å². The summed E-state index contributed by atoms with van der Waals surface area (Å²) in [6.07, 6.45) is 2.22. The Morgan fingerprint density at radius 1 is 1.14 bits per heavy atom. The van der Waals surface area contributed by atoms with Crippen molar-refractivity contribution < 1.29 is 4.79 Å². The van der Waals surface area contributed by atoms with Crippen molar-refractivity contribution in [3.05, 3.63) is 35.9 Å². The van der Waals surface area contributed by atoms with E-state index in [1.54, 1.807) is 0 Å². The number of nitrogens with zero attached hydrogens (tertiary/aromatic N) is 1. The van der Waals surface area contributed by atoms with Gasteiger partial charge in [0.25, 0.3) is 0 Å². The van der Waals surface area contributed by atoms with Gasteiger partial charge in [-0.2, -0.15) is 0 Å². The normalized spacial score (nSPS) is 13.4. The SMILES string of the molecule is CCC(CC)CN(CC)C(=O)C(C)C(N)c1ccccc1.Cl. The molecule has 0 fully saturated rings. The molecule has 4 heteroatoms. The second-order valence-electron chi connectivity index (χ2n) is 5.78. The Morgan fingerprint density at radius 3 is 2.14 bits per heavy atom. The maximum Gasteiger partial charge on any atom is 0.227 e. The first-order valence-electron chi connectivity index (χ1n) is 8.14. The first-order valence-corrected chi connectivity index (χ1v) is 8.14. The maximum atomic E-state index is 12.7. The predicted octanol–water partition coefficient (Wildman–Crippen LogP) is 4.03. The van der Waals surface area contributed by atoms with Crippen molar-refractivity contribution >= 4 is 18.3 Å². The van der Waals surface area contributed by atoms with Gasteiger partial charge in [0, 0.05) is 19.1 Å². The lowest BCUT2D eigenvalue weighted by Crippen LogP contribution is -2.41. The lowest BCUT2D eigenvalue weighted by molar-refractivity contribution is -0.136. The Morgan fingerprint density at radius 2 is 1.68 bits per heavy atom. The van der Waals surface area contributed by atoms with Crippen LogP contribution in [0.1, 0.15) is 52.1 Å². The van der Waals surface area contributed by atoms with Crippen LogP contribution in [0.25, 0.3) is 0 Å². The Hall–Kier alpha value is -1.06. The van der Waals surface area contributed by atoms with Crippen molar-refractivity contribution in [3.63, 3.8) is 0 Å². The highest BCUT2D eigenvalue weighted by atomic mass is 35.5. The zero-order valence-electron chi connectivity index (χ0n) is 14.3. The van der Waals surface area contributed by atoms with E-state index in [4.69, 9.17) is 5.73 Å². The van der Waals surface area contributed by atoms with Gasteiger partial charge in [0.2, 0.25) is 5.91 Å². The molecule has 0 radical (unpaired) electrons. The van der Waals surface area contributed by atoms with Crippen molar-refractivity contribution in [2.75, 3.05) is 13.1 Å². The van der Waals surface area contributed by atoms with E-state index in [2.05, 4.69) is 13.8 Å². The highest BCUT2D eigenvalue weighted by Crippen LogP contribution is 2.22. The van der Waals surface area contributed by atoms with Crippen LogP contribution in [-0.4, -0.2) is 23.9 Å². The molecule has 2 N–H and O–H groups in total. The Bertz CT molecular complexity index is 420. The van der Waals surface area contributed by atoms with Crippen molar-refractivity contribution in [3.8, 4) is 0 Å². The molecular weight excluding hydrogens is 296 g/mol. The van der Waals surface area contributed by atoms with Gasteiger partial charge in [-0.1, -0.05) is 63.9 Å². The van der Waals surface area contributed by atoms with Crippen molar-refractivity contribution in [1.29, 1.82) is 0 Å². The first kappa shape index (κ1) is 20.9. The number of hydrogen-bond donors (Lipinski definition) is 1. The minimum Gasteiger partial charge on any atom is -0.342 e. The van der Waals surface area contributed by atoms with E-state index in [0.717, 1.165) is 31.5 Å². The van der Waals surface area contributed by atoms with E-state index in [9.17, 15) is 4.79 Å². The number of benzene rings is 1. The van der Waals surface area contributed by atoms with Gasteiger partial charge in [-0.25, -0.2) is 0 Å². The Balaban J connectivity index is 0.00000441. The lowest BCUT2D eigenvalue weighted by Gasteiger charge is -2.30. The fraction of sp³-hybridized carbons (Fsp3) is 0.611. The van der Waals surface area contributed by atoms with Gasteiger partial charge in [0.1, 0.15) is 0 Å². The third-order valence-electron chi connectivity index (χ3n) is 4.44. The molecule has 3 nitrogen and oxygen atoms in total. The van der Waals surface area contributed by atoms with Gasteiger partial charge in [0.15, 0.2) is 0 Å². The average molecular weight is 327 g/mol. The molecule has 0 aliphatic carbocycles. The van der Waals surface area contributed by atoms with Crippen molar-refractivity contribution in [1.82, 2.24) is 4.90 Å². The summed E-state index contributed by atoms with van der Waals surface area (Å²) in [5, 5.41) is 0. The van der Waals surface area contributed by atoms with Gasteiger partial charge >= 0.3 is 0 Å². The Labute approximate surface area is 141 Å².